The Balaban J connectivity index is 4.04. The molecule has 0 aliphatic carbocycles. The molecule has 0 radical (unpaired) electrons. The van der Waals surface area contributed by atoms with Crippen LogP contribution in [0.4, 0.5) is 0 Å². The van der Waals surface area contributed by atoms with Crippen molar-refractivity contribution in [3.63, 3.8) is 0 Å². The minimum absolute atomic E-state index is 0.703. The van der Waals surface area contributed by atoms with Crippen molar-refractivity contribution in [1.82, 2.24) is 4.90 Å². The van der Waals surface area contributed by atoms with Gasteiger partial charge in [0.15, 0.2) is 0 Å². The third-order valence-electron chi connectivity index (χ3n) is 3.10. The van der Waals surface area contributed by atoms with E-state index in [-0.39, 0.29) is 0 Å². The van der Waals surface area contributed by atoms with E-state index in [1.807, 2.05) is 0 Å². The molecule has 0 fully saturated rings. The maximum Gasteiger partial charge on any atom is -0.00164 e. The van der Waals surface area contributed by atoms with Gasteiger partial charge in [-0.05, 0) is 52.2 Å². The van der Waals surface area contributed by atoms with E-state index in [4.69, 9.17) is 0 Å². The molecular formula is C15H29N. The molecule has 0 heterocycles. The number of rotatable bonds is 8. The fraction of sp³-hybridized carbons (Fsp3) is 0.733. The Labute approximate surface area is 102 Å². The number of allylic oxidation sites excluding steroid dienone is 4. The first-order valence-corrected chi connectivity index (χ1v) is 6.63. The van der Waals surface area contributed by atoms with Gasteiger partial charge in [0, 0.05) is 0 Å². The minimum Gasteiger partial charge on any atom is -0.307 e. The number of hydrogen-bond acceptors (Lipinski definition) is 1. The molecule has 0 aromatic rings. The molecule has 0 aromatic carbocycles. The van der Waals surface area contributed by atoms with Crippen LogP contribution in [0.2, 0.25) is 0 Å². The molecule has 0 aliphatic rings. The first-order chi connectivity index (χ1) is 7.63. The van der Waals surface area contributed by atoms with Crippen LogP contribution in [-0.2, 0) is 0 Å². The van der Waals surface area contributed by atoms with Crippen molar-refractivity contribution in [1.29, 1.82) is 0 Å². The molecule has 94 valence electrons. The van der Waals surface area contributed by atoms with E-state index < -0.39 is 0 Å². The highest BCUT2D eigenvalue weighted by Gasteiger charge is 2.02. The van der Waals surface area contributed by atoms with Crippen molar-refractivity contribution < 1.29 is 0 Å². The second-order valence-corrected chi connectivity index (χ2v) is 4.61. The summed E-state index contributed by atoms with van der Waals surface area (Å²) in [5.74, 6) is 0.703. The highest BCUT2D eigenvalue weighted by atomic mass is 15.1. The Bertz CT molecular complexity index is 215. The average molecular weight is 223 g/mol. The molecule has 1 nitrogen and oxygen atoms in total. The van der Waals surface area contributed by atoms with Crippen molar-refractivity contribution in [2.75, 3.05) is 20.1 Å². The summed E-state index contributed by atoms with van der Waals surface area (Å²) < 4.78 is 0. The molecule has 0 rings (SSSR count). The van der Waals surface area contributed by atoms with E-state index in [9.17, 15) is 0 Å². The van der Waals surface area contributed by atoms with E-state index in [2.05, 4.69) is 57.9 Å². The van der Waals surface area contributed by atoms with Crippen molar-refractivity contribution in [2.24, 2.45) is 5.92 Å². The maximum absolute atomic E-state index is 2.46. The summed E-state index contributed by atoms with van der Waals surface area (Å²) in [6, 6.07) is 0. The number of nitrogens with zero attached hydrogens (tertiary/aromatic N) is 1. The van der Waals surface area contributed by atoms with Crippen LogP contribution in [0.25, 0.3) is 0 Å². The van der Waals surface area contributed by atoms with Gasteiger partial charge in [-0.15, -0.1) is 0 Å². The van der Waals surface area contributed by atoms with Gasteiger partial charge >= 0.3 is 0 Å². The lowest BCUT2D eigenvalue weighted by Crippen LogP contribution is -2.20. The fourth-order valence-electron chi connectivity index (χ4n) is 1.67. The third kappa shape index (κ3) is 7.70. The van der Waals surface area contributed by atoms with E-state index in [1.54, 1.807) is 5.57 Å². The van der Waals surface area contributed by atoms with Gasteiger partial charge in [-0.3, -0.25) is 0 Å². The SMILES string of the molecule is C/C=C\C/C(=C\C(C)CCN(C)CC)CC. The smallest absolute Gasteiger partial charge is 0.00164 e. The Morgan fingerprint density at radius 2 is 2.00 bits per heavy atom. The lowest BCUT2D eigenvalue weighted by atomic mass is 10.00. The first kappa shape index (κ1) is 15.4. The predicted octanol–water partition coefficient (Wildman–Crippen LogP) is 4.27. The first-order valence-electron chi connectivity index (χ1n) is 6.63. The average Bonchev–Trinajstić information content (AvgIpc) is 2.31. The summed E-state index contributed by atoms with van der Waals surface area (Å²) in [5.41, 5.74) is 1.57. The largest absolute Gasteiger partial charge is 0.307 e. The van der Waals surface area contributed by atoms with Crippen LogP contribution >= 0.6 is 0 Å². The predicted molar refractivity (Wildman–Crippen MR) is 74.8 cm³/mol. The summed E-state index contributed by atoms with van der Waals surface area (Å²) in [7, 11) is 2.19. The lowest BCUT2D eigenvalue weighted by Gasteiger charge is -2.16. The zero-order valence-corrected chi connectivity index (χ0v) is 11.8. The van der Waals surface area contributed by atoms with Crippen molar-refractivity contribution in [3.8, 4) is 0 Å². The van der Waals surface area contributed by atoms with Gasteiger partial charge < -0.3 is 4.90 Å². The van der Waals surface area contributed by atoms with Crippen LogP contribution in [0.3, 0.4) is 0 Å². The molecule has 0 saturated carbocycles. The van der Waals surface area contributed by atoms with Gasteiger partial charge in [-0.2, -0.15) is 0 Å². The van der Waals surface area contributed by atoms with Gasteiger partial charge in [0.25, 0.3) is 0 Å². The lowest BCUT2D eigenvalue weighted by molar-refractivity contribution is 0.332. The van der Waals surface area contributed by atoms with Crippen LogP contribution in [-0.4, -0.2) is 25.0 Å². The molecule has 0 bridgehead atoms. The van der Waals surface area contributed by atoms with Crippen LogP contribution in [0.1, 0.15) is 47.0 Å². The van der Waals surface area contributed by atoms with Crippen LogP contribution in [0.5, 0.6) is 0 Å². The van der Waals surface area contributed by atoms with E-state index in [0.717, 1.165) is 13.0 Å². The van der Waals surface area contributed by atoms with Crippen molar-refractivity contribution in [3.05, 3.63) is 23.8 Å². The monoisotopic (exact) mass is 223 g/mol. The van der Waals surface area contributed by atoms with Gasteiger partial charge in [0.05, 0.1) is 0 Å². The molecule has 0 aliphatic heterocycles. The Hall–Kier alpha value is -0.560. The minimum atomic E-state index is 0.703. The zero-order chi connectivity index (χ0) is 12.4. The Morgan fingerprint density at radius 3 is 2.50 bits per heavy atom. The molecular weight excluding hydrogens is 194 g/mol. The molecule has 0 N–H and O–H groups in total. The summed E-state index contributed by atoms with van der Waals surface area (Å²) in [6.07, 6.45) is 10.4. The molecule has 0 spiro atoms. The van der Waals surface area contributed by atoms with Crippen molar-refractivity contribution >= 4 is 0 Å². The Kier molecular flexibility index (Phi) is 9.31. The standard InChI is InChI=1S/C15H29N/c1-6-9-10-15(7-2)13-14(4)11-12-16(5)8-3/h6,9,13-14H,7-8,10-12H2,1-5H3/b9-6-,15-13-. The third-order valence-corrected chi connectivity index (χ3v) is 3.10. The molecule has 1 unspecified atom stereocenters. The van der Waals surface area contributed by atoms with Crippen LogP contribution in [0.15, 0.2) is 23.8 Å². The Morgan fingerprint density at radius 1 is 1.31 bits per heavy atom. The zero-order valence-electron chi connectivity index (χ0n) is 11.8. The highest BCUT2D eigenvalue weighted by molar-refractivity contribution is 5.08. The summed E-state index contributed by atoms with van der Waals surface area (Å²) in [6.45, 7) is 11.2. The van der Waals surface area contributed by atoms with E-state index >= 15 is 0 Å². The number of hydrogen-bond donors (Lipinski definition) is 0. The van der Waals surface area contributed by atoms with Crippen molar-refractivity contribution in [2.45, 2.75) is 47.0 Å². The van der Waals surface area contributed by atoms with Gasteiger partial charge in [-0.25, -0.2) is 0 Å². The summed E-state index contributed by atoms with van der Waals surface area (Å²) >= 11 is 0. The van der Waals surface area contributed by atoms with Gasteiger partial charge in [0.2, 0.25) is 0 Å². The van der Waals surface area contributed by atoms with Crippen LogP contribution in [0, 0.1) is 5.92 Å². The summed E-state index contributed by atoms with van der Waals surface area (Å²) in [5, 5.41) is 0. The normalized spacial score (nSPS) is 15.0. The second kappa shape index (κ2) is 9.65. The molecule has 0 amide bonds. The van der Waals surface area contributed by atoms with Gasteiger partial charge in [-0.1, -0.05) is 44.6 Å². The van der Waals surface area contributed by atoms with Crippen LogP contribution < -0.4 is 0 Å². The fourth-order valence-corrected chi connectivity index (χ4v) is 1.67. The van der Waals surface area contributed by atoms with E-state index in [1.165, 1.54) is 19.4 Å². The molecule has 1 atom stereocenters. The maximum atomic E-state index is 2.46. The van der Waals surface area contributed by atoms with Gasteiger partial charge in [0.1, 0.15) is 0 Å². The highest BCUT2D eigenvalue weighted by Crippen LogP contribution is 2.14. The topological polar surface area (TPSA) is 3.24 Å². The van der Waals surface area contributed by atoms with E-state index in [0.29, 0.717) is 5.92 Å². The second-order valence-electron chi connectivity index (χ2n) is 4.61. The molecule has 0 saturated heterocycles. The summed E-state index contributed by atoms with van der Waals surface area (Å²) in [4.78, 5) is 2.38. The molecule has 16 heavy (non-hydrogen) atoms. The molecule has 0 aromatic heterocycles. The quantitative estimate of drug-likeness (QED) is 0.556. The molecule has 1 heteroatoms.